The molecule has 2 aliphatic carbocycles. The van der Waals surface area contributed by atoms with Crippen molar-refractivity contribution in [3.05, 3.63) is 0 Å². The highest BCUT2D eigenvalue weighted by molar-refractivity contribution is 7.90. The Kier molecular flexibility index (Phi) is 5.55. The fraction of sp³-hybridized carbons (Fsp3) is 0.944. The van der Waals surface area contributed by atoms with E-state index in [4.69, 9.17) is 0 Å². The molecule has 0 spiro atoms. The zero-order valence-electron chi connectivity index (χ0n) is 15.1. The molecule has 3 fully saturated rings. The molecule has 0 bridgehead atoms. The van der Waals surface area contributed by atoms with Gasteiger partial charge in [-0.2, -0.15) is 0 Å². The Morgan fingerprint density at radius 2 is 1.79 bits per heavy atom. The van der Waals surface area contributed by atoms with Gasteiger partial charge in [-0.15, -0.1) is 0 Å². The lowest BCUT2D eigenvalue weighted by Crippen LogP contribution is -2.47. The summed E-state index contributed by atoms with van der Waals surface area (Å²) in [5.41, 5.74) is 0. The molecule has 1 heterocycles. The second-order valence-corrected chi connectivity index (χ2v) is 10.4. The second kappa shape index (κ2) is 7.32. The Labute approximate surface area is 146 Å². The van der Waals surface area contributed by atoms with Gasteiger partial charge in [0, 0.05) is 30.9 Å². The van der Waals surface area contributed by atoms with Gasteiger partial charge >= 0.3 is 0 Å². The van der Waals surface area contributed by atoms with E-state index in [1.54, 1.807) is 0 Å². The van der Waals surface area contributed by atoms with Crippen molar-refractivity contribution in [3.63, 3.8) is 0 Å². The summed E-state index contributed by atoms with van der Waals surface area (Å²) < 4.78 is 23.3. The Bertz CT molecular complexity index is 553. The smallest absolute Gasteiger partial charge is 0.227 e. The predicted octanol–water partition coefficient (Wildman–Crippen LogP) is 2.07. The number of sulfone groups is 1. The van der Waals surface area contributed by atoms with E-state index in [1.165, 1.54) is 38.4 Å². The first kappa shape index (κ1) is 18.2. The highest BCUT2D eigenvalue weighted by atomic mass is 32.2. The van der Waals surface area contributed by atoms with Crippen LogP contribution in [0.5, 0.6) is 0 Å². The Hall–Kier alpha value is -0.620. The molecule has 3 aliphatic rings. The number of hydrogen-bond donors (Lipinski definition) is 0. The van der Waals surface area contributed by atoms with Crippen molar-refractivity contribution in [2.24, 2.45) is 5.92 Å². The maximum absolute atomic E-state index is 13.1. The van der Waals surface area contributed by atoms with Crippen LogP contribution in [0.1, 0.15) is 58.3 Å². The number of carbonyl (C=O) groups excluding carboxylic acids is 1. The molecule has 1 saturated heterocycles. The van der Waals surface area contributed by atoms with Gasteiger partial charge in [0.25, 0.3) is 0 Å². The molecule has 138 valence electrons. The van der Waals surface area contributed by atoms with Crippen molar-refractivity contribution in [1.82, 2.24) is 9.80 Å². The van der Waals surface area contributed by atoms with Gasteiger partial charge in [0.15, 0.2) is 0 Å². The number of nitrogens with zero attached hydrogens (tertiary/aromatic N) is 2. The molecule has 0 aromatic rings. The van der Waals surface area contributed by atoms with Gasteiger partial charge in [0.2, 0.25) is 5.91 Å². The quantitative estimate of drug-likeness (QED) is 0.731. The van der Waals surface area contributed by atoms with E-state index < -0.39 is 9.84 Å². The van der Waals surface area contributed by atoms with Gasteiger partial charge < -0.3 is 4.90 Å². The SMILES string of the molecule is C[C@H](CS(C)(=O)=O)N(C(=O)[C@@H]1CCN(C2CCCCC2)C1)C1CC1. The van der Waals surface area contributed by atoms with Crippen molar-refractivity contribution in [3.8, 4) is 0 Å². The van der Waals surface area contributed by atoms with Crippen LogP contribution >= 0.6 is 0 Å². The van der Waals surface area contributed by atoms with Crippen molar-refractivity contribution < 1.29 is 13.2 Å². The van der Waals surface area contributed by atoms with Gasteiger partial charge in [-0.05, 0) is 45.6 Å². The largest absolute Gasteiger partial charge is 0.336 e. The monoisotopic (exact) mass is 356 g/mol. The molecule has 6 heteroatoms. The third-order valence-corrected chi connectivity index (χ3v) is 6.96. The first-order valence-corrected chi connectivity index (χ1v) is 11.6. The van der Waals surface area contributed by atoms with E-state index in [9.17, 15) is 13.2 Å². The van der Waals surface area contributed by atoms with E-state index in [0.717, 1.165) is 32.4 Å². The van der Waals surface area contributed by atoms with Crippen LogP contribution in [0.25, 0.3) is 0 Å². The standard InChI is InChI=1S/C18H32N2O3S/c1-14(13-24(2,22)23)20(17-8-9-17)18(21)15-10-11-19(12-15)16-6-4-3-5-7-16/h14-17H,3-13H2,1-2H3/t14-,15-/m1/s1. The fourth-order valence-electron chi connectivity index (χ4n) is 4.61. The van der Waals surface area contributed by atoms with Crippen molar-refractivity contribution in [1.29, 1.82) is 0 Å². The summed E-state index contributed by atoms with van der Waals surface area (Å²) in [6, 6.07) is 0.737. The maximum Gasteiger partial charge on any atom is 0.227 e. The molecule has 2 atom stereocenters. The Morgan fingerprint density at radius 3 is 2.38 bits per heavy atom. The van der Waals surface area contributed by atoms with E-state index in [0.29, 0.717) is 6.04 Å². The summed E-state index contributed by atoms with van der Waals surface area (Å²) in [5.74, 6) is 0.343. The molecule has 2 saturated carbocycles. The maximum atomic E-state index is 13.1. The first-order chi connectivity index (χ1) is 11.3. The van der Waals surface area contributed by atoms with Crippen LogP contribution in [0.2, 0.25) is 0 Å². The lowest BCUT2D eigenvalue weighted by Gasteiger charge is -2.33. The molecule has 3 rings (SSSR count). The molecular weight excluding hydrogens is 324 g/mol. The number of rotatable bonds is 6. The van der Waals surface area contributed by atoms with E-state index >= 15 is 0 Å². The van der Waals surface area contributed by atoms with Crippen LogP contribution in [0.3, 0.4) is 0 Å². The number of amides is 1. The minimum Gasteiger partial charge on any atom is -0.336 e. The average Bonchev–Trinajstić information content (AvgIpc) is 3.21. The topological polar surface area (TPSA) is 57.7 Å². The minimum absolute atomic E-state index is 0.0644. The number of carbonyl (C=O) groups is 1. The molecule has 0 unspecified atom stereocenters. The predicted molar refractivity (Wildman–Crippen MR) is 95.6 cm³/mol. The zero-order valence-corrected chi connectivity index (χ0v) is 15.9. The summed E-state index contributed by atoms with van der Waals surface area (Å²) in [6.45, 7) is 3.80. The van der Waals surface area contributed by atoms with Gasteiger partial charge in [-0.3, -0.25) is 9.69 Å². The van der Waals surface area contributed by atoms with Crippen molar-refractivity contribution in [2.45, 2.75) is 76.4 Å². The zero-order chi connectivity index (χ0) is 17.3. The van der Waals surface area contributed by atoms with Crippen LogP contribution in [0.4, 0.5) is 0 Å². The first-order valence-electron chi connectivity index (χ1n) is 9.59. The number of likely N-dealkylation sites (tertiary alicyclic amines) is 1. The third-order valence-electron chi connectivity index (χ3n) is 5.87. The van der Waals surface area contributed by atoms with Crippen LogP contribution in [0.15, 0.2) is 0 Å². The van der Waals surface area contributed by atoms with E-state index in [1.807, 2.05) is 11.8 Å². The lowest BCUT2D eigenvalue weighted by atomic mass is 9.94. The normalized spacial score (nSPS) is 28.0. The third kappa shape index (κ3) is 4.51. The van der Waals surface area contributed by atoms with E-state index in [-0.39, 0.29) is 29.7 Å². The molecule has 0 aromatic heterocycles. The lowest BCUT2D eigenvalue weighted by molar-refractivity contribution is -0.137. The van der Waals surface area contributed by atoms with Gasteiger partial charge in [-0.1, -0.05) is 19.3 Å². The van der Waals surface area contributed by atoms with Crippen LogP contribution in [-0.4, -0.2) is 67.3 Å². The average molecular weight is 357 g/mol. The van der Waals surface area contributed by atoms with E-state index in [2.05, 4.69) is 4.90 Å². The van der Waals surface area contributed by atoms with Crippen molar-refractivity contribution in [2.75, 3.05) is 25.1 Å². The fourth-order valence-corrected chi connectivity index (χ4v) is 5.64. The minimum atomic E-state index is -3.06. The second-order valence-electron chi connectivity index (χ2n) is 8.19. The highest BCUT2D eigenvalue weighted by Gasteiger charge is 2.42. The summed E-state index contributed by atoms with van der Waals surface area (Å²) in [5, 5.41) is 0. The van der Waals surface area contributed by atoms with Crippen molar-refractivity contribution >= 4 is 15.7 Å². The molecule has 24 heavy (non-hydrogen) atoms. The summed E-state index contributed by atoms with van der Waals surface area (Å²) in [4.78, 5) is 17.5. The molecular formula is C18H32N2O3S. The van der Waals surface area contributed by atoms with Crippen LogP contribution < -0.4 is 0 Å². The summed E-state index contributed by atoms with van der Waals surface area (Å²) >= 11 is 0. The van der Waals surface area contributed by atoms with Crippen LogP contribution in [-0.2, 0) is 14.6 Å². The molecule has 1 amide bonds. The van der Waals surface area contributed by atoms with Crippen LogP contribution in [0, 0.1) is 5.92 Å². The highest BCUT2D eigenvalue weighted by Crippen LogP contribution is 2.34. The number of hydrogen-bond acceptors (Lipinski definition) is 4. The van der Waals surface area contributed by atoms with Gasteiger partial charge in [0.1, 0.15) is 9.84 Å². The summed E-state index contributed by atoms with van der Waals surface area (Å²) in [6.07, 6.45) is 10.8. The molecule has 0 aromatic carbocycles. The molecule has 1 aliphatic heterocycles. The van der Waals surface area contributed by atoms with Gasteiger partial charge in [-0.25, -0.2) is 8.42 Å². The molecule has 5 nitrogen and oxygen atoms in total. The molecule has 0 N–H and O–H groups in total. The Balaban J connectivity index is 1.61. The molecule has 0 radical (unpaired) electrons. The summed E-state index contributed by atoms with van der Waals surface area (Å²) in [7, 11) is -3.06. The Morgan fingerprint density at radius 1 is 1.12 bits per heavy atom. The van der Waals surface area contributed by atoms with Gasteiger partial charge in [0.05, 0.1) is 11.7 Å².